The van der Waals surface area contributed by atoms with Crippen molar-refractivity contribution in [3.63, 3.8) is 0 Å². The third-order valence-electron chi connectivity index (χ3n) is 1.10. The molecule has 1 heterocycles. The highest BCUT2D eigenvalue weighted by Crippen LogP contribution is 2.21. The number of hydrogen-bond donors (Lipinski definition) is 0. The highest BCUT2D eigenvalue weighted by atomic mass is 35.5. The molecule has 56 valence electrons. The van der Waals surface area contributed by atoms with Crippen LogP contribution in [-0.2, 0) is 6.54 Å². The topological polar surface area (TPSA) is 3.24 Å². The summed E-state index contributed by atoms with van der Waals surface area (Å²) < 4.78 is 0.872. The Hall–Kier alpha value is -0.0500. The quantitative estimate of drug-likeness (QED) is 0.668. The molecule has 0 spiro atoms. The fourth-order valence-corrected chi connectivity index (χ4v) is 1.95. The van der Waals surface area contributed by atoms with Gasteiger partial charge < -0.3 is 4.90 Å². The Morgan fingerprint density at radius 3 is 2.60 bits per heavy atom. The van der Waals surface area contributed by atoms with E-state index in [0.29, 0.717) is 0 Å². The highest BCUT2D eigenvalue weighted by molar-refractivity contribution is 7.16. The molecule has 0 amide bonds. The third-order valence-corrected chi connectivity index (χ3v) is 2.32. The van der Waals surface area contributed by atoms with Gasteiger partial charge in [0.15, 0.2) is 0 Å². The zero-order chi connectivity index (χ0) is 7.56. The summed E-state index contributed by atoms with van der Waals surface area (Å²) in [6.45, 7) is 0.984. The van der Waals surface area contributed by atoms with E-state index in [1.54, 1.807) is 11.3 Å². The molecular weight excluding hydrogens is 166 g/mol. The predicted molar refractivity (Wildman–Crippen MR) is 46.7 cm³/mol. The molecule has 10 heavy (non-hydrogen) atoms. The Labute approximate surface area is 70.2 Å². The molecule has 1 rings (SSSR count). The second kappa shape index (κ2) is 3.37. The fourth-order valence-electron chi connectivity index (χ4n) is 0.748. The van der Waals surface area contributed by atoms with Crippen LogP contribution in [0.5, 0.6) is 0 Å². The van der Waals surface area contributed by atoms with Gasteiger partial charge in [0.05, 0.1) is 4.34 Å². The van der Waals surface area contributed by atoms with E-state index in [9.17, 15) is 0 Å². The zero-order valence-electron chi connectivity index (χ0n) is 6.10. The number of thiophene rings is 1. The van der Waals surface area contributed by atoms with E-state index in [4.69, 9.17) is 11.6 Å². The maximum absolute atomic E-state index is 5.74. The van der Waals surface area contributed by atoms with Gasteiger partial charge in [-0.1, -0.05) is 11.6 Å². The van der Waals surface area contributed by atoms with Crippen LogP contribution in [0.15, 0.2) is 12.1 Å². The van der Waals surface area contributed by atoms with E-state index in [0.717, 1.165) is 10.9 Å². The highest BCUT2D eigenvalue weighted by Gasteiger charge is 1.97. The minimum atomic E-state index is 0.872. The lowest BCUT2D eigenvalue weighted by Crippen LogP contribution is -2.09. The van der Waals surface area contributed by atoms with Crippen LogP contribution in [0.4, 0.5) is 0 Å². The summed E-state index contributed by atoms with van der Waals surface area (Å²) in [4.78, 5) is 3.44. The van der Waals surface area contributed by atoms with Crippen molar-refractivity contribution in [1.82, 2.24) is 4.90 Å². The van der Waals surface area contributed by atoms with Gasteiger partial charge in [0.1, 0.15) is 0 Å². The molecule has 0 bridgehead atoms. The first-order valence-corrected chi connectivity index (χ1v) is 4.27. The minimum Gasteiger partial charge on any atom is -0.304 e. The normalized spacial score (nSPS) is 10.8. The van der Waals surface area contributed by atoms with Crippen molar-refractivity contribution in [2.24, 2.45) is 0 Å². The van der Waals surface area contributed by atoms with Crippen LogP contribution in [0.3, 0.4) is 0 Å². The van der Waals surface area contributed by atoms with Gasteiger partial charge in [0, 0.05) is 11.4 Å². The lowest BCUT2D eigenvalue weighted by molar-refractivity contribution is 0.406. The molecule has 0 aromatic carbocycles. The lowest BCUT2D eigenvalue weighted by Gasteiger charge is -2.05. The van der Waals surface area contributed by atoms with Gasteiger partial charge in [-0.05, 0) is 26.2 Å². The molecule has 0 aliphatic heterocycles. The van der Waals surface area contributed by atoms with Crippen molar-refractivity contribution in [3.8, 4) is 0 Å². The smallest absolute Gasteiger partial charge is 0.0931 e. The van der Waals surface area contributed by atoms with Crippen LogP contribution in [0, 0.1) is 0 Å². The van der Waals surface area contributed by atoms with Crippen LogP contribution in [0.25, 0.3) is 0 Å². The Kier molecular flexibility index (Phi) is 2.72. The SMILES string of the molecule is CN(C)Cc1ccc(Cl)s1. The zero-order valence-corrected chi connectivity index (χ0v) is 7.67. The summed E-state index contributed by atoms with van der Waals surface area (Å²) in [7, 11) is 4.10. The molecular formula is C7H10ClNS. The van der Waals surface area contributed by atoms with E-state index in [1.807, 2.05) is 20.2 Å². The van der Waals surface area contributed by atoms with Crippen molar-refractivity contribution < 1.29 is 0 Å². The molecule has 1 nitrogen and oxygen atoms in total. The van der Waals surface area contributed by atoms with Crippen LogP contribution in [0.2, 0.25) is 4.34 Å². The van der Waals surface area contributed by atoms with E-state index in [-0.39, 0.29) is 0 Å². The van der Waals surface area contributed by atoms with Gasteiger partial charge in [-0.2, -0.15) is 0 Å². The third kappa shape index (κ3) is 2.29. The first-order chi connectivity index (χ1) is 4.68. The Balaban J connectivity index is 2.58. The molecule has 0 aliphatic rings. The maximum Gasteiger partial charge on any atom is 0.0931 e. The molecule has 1 aromatic heterocycles. The molecule has 0 aliphatic carbocycles. The van der Waals surface area contributed by atoms with Crippen LogP contribution in [-0.4, -0.2) is 19.0 Å². The van der Waals surface area contributed by atoms with Gasteiger partial charge in [0.2, 0.25) is 0 Å². The Bertz CT molecular complexity index is 207. The molecule has 0 unspecified atom stereocenters. The predicted octanol–water partition coefficient (Wildman–Crippen LogP) is 2.46. The van der Waals surface area contributed by atoms with Crippen molar-refractivity contribution in [2.75, 3.05) is 14.1 Å². The Morgan fingerprint density at radius 2 is 2.20 bits per heavy atom. The van der Waals surface area contributed by atoms with Crippen LogP contribution in [0.1, 0.15) is 4.88 Å². The van der Waals surface area contributed by atoms with Gasteiger partial charge in [-0.3, -0.25) is 0 Å². The first kappa shape index (κ1) is 8.05. The summed E-state index contributed by atoms with van der Waals surface area (Å²) in [5.41, 5.74) is 0. The first-order valence-electron chi connectivity index (χ1n) is 3.07. The van der Waals surface area contributed by atoms with Crippen LogP contribution >= 0.6 is 22.9 Å². The summed E-state index contributed by atoms with van der Waals surface area (Å²) in [6, 6.07) is 4.00. The molecule has 0 fully saturated rings. The van der Waals surface area contributed by atoms with Gasteiger partial charge >= 0.3 is 0 Å². The van der Waals surface area contributed by atoms with Gasteiger partial charge in [0.25, 0.3) is 0 Å². The average Bonchev–Trinajstić information content (AvgIpc) is 2.13. The summed E-state index contributed by atoms with van der Waals surface area (Å²) in [5, 5.41) is 0. The standard InChI is InChI=1S/C7H10ClNS/c1-9(2)5-6-3-4-7(8)10-6/h3-4H,5H2,1-2H3. The van der Waals surface area contributed by atoms with Crippen molar-refractivity contribution in [3.05, 3.63) is 21.3 Å². The summed E-state index contributed by atoms with van der Waals surface area (Å²) in [6.07, 6.45) is 0. The van der Waals surface area contributed by atoms with Crippen LogP contribution < -0.4 is 0 Å². The molecule has 0 saturated heterocycles. The fraction of sp³-hybridized carbons (Fsp3) is 0.429. The van der Waals surface area contributed by atoms with Crippen molar-refractivity contribution in [1.29, 1.82) is 0 Å². The van der Waals surface area contributed by atoms with Crippen molar-refractivity contribution >= 4 is 22.9 Å². The molecule has 0 N–H and O–H groups in total. The van der Waals surface area contributed by atoms with E-state index >= 15 is 0 Å². The molecule has 0 saturated carbocycles. The van der Waals surface area contributed by atoms with E-state index < -0.39 is 0 Å². The minimum absolute atomic E-state index is 0.872. The van der Waals surface area contributed by atoms with Gasteiger partial charge in [-0.15, -0.1) is 11.3 Å². The molecule has 3 heteroatoms. The molecule has 1 aromatic rings. The second-order valence-electron chi connectivity index (χ2n) is 2.44. The lowest BCUT2D eigenvalue weighted by atomic mass is 10.4. The monoisotopic (exact) mass is 175 g/mol. The van der Waals surface area contributed by atoms with Crippen molar-refractivity contribution in [2.45, 2.75) is 6.54 Å². The van der Waals surface area contributed by atoms with E-state index in [1.165, 1.54) is 4.88 Å². The number of halogens is 1. The number of rotatable bonds is 2. The maximum atomic E-state index is 5.74. The second-order valence-corrected chi connectivity index (χ2v) is 4.24. The molecule has 0 atom stereocenters. The summed E-state index contributed by atoms with van der Waals surface area (Å²) >= 11 is 7.38. The Morgan fingerprint density at radius 1 is 1.50 bits per heavy atom. The number of hydrogen-bond acceptors (Lipinski definition) is 2. The average molecular weight is 176 g/mol. The number of nitrogens with zero attached hydrogens (tertiary/aromatic N) is 1. The van der Waals surface area contributed by atoms with E-state index in [2.05, 4.69) is 11.0 Å². The summed E-state index contributed by atoms with van der Waals surface area (Å²) in [5.74, 6) is 0. The molecule has 0 radical (unpaired) electrons. The van der Waals surface area contributed by atoms with Gasteiger partial charge in [-0.25, -0.2) is 0 Å². The largest absolute Gasteiger partial charge is 0.304 e.